The predicted octanol–water partition coefficient (Wildman–Crippen LogP) is 2.48. The molecule has 0 aliphatic carbocycles. The van der Waals surface area contributed by atoms with Crippen molar-refractivity contribution in [2.45, 2.75) is 32.1 Å². The van der Waals surface area contributed by atoms with Crippen LogP contribution in [0.1, 0.15) is 52.8 Å². The number of imide groups is 1. The zero-order valence-electron chi connectivity index (χ0n) is 16.1. The van der Waals surface area contributed by atoms with Crippen molar-refractivity contribution < 1.29 is 14.4 Å². The minimum absolute atomic E-state index is 0.191. The van der Waals surface area contributed by atoms with Gasteiger partial charge in [0.15, 0.2) is 0 Å². The summed E-state index contributed by atoms with van der Waals surface area (Å²) in [5, 5.41) is 2.78. The van der Waals surface area contributed by atoms with Crippen molar-refractivity contribution in [1.82, 2.24) is 14.9 Å². The molecule has 8 nitrogen and oxygen atoms in total. The highest BCUT2D eigenvalue weighted by Crippen LogP contribution is 2.23. The minimum Gasteiger partial charge on any atom is -0.356 e. The van der Waals surface area contributed by atoms with Crippen LogP contribution >= 0.6 is 0 Å². The van der Waals surface area contributed by atoms with E-state index in [1.807, 2.05) is 0 Å². The van der Waals surface area contributed by atoms with Gasteiger partial charge in [-0.2, -0.15) is 0 Å². The summed E-state index contributed by atoms with van der Waals surface area (Å²) in [6.07, 6.45) is 5.56. The second-order valence-corrected chi connectivity index (χ2v) is 7.27. The third-order valence-electron chi connectivity index (χ3n) is 5.26. The van der Waals surface area contributed by atoms with Crippen molar-refractivity contribution in [1.29, 1.82) is 0 Å². The van der Waals surface area contributed by atoms with E-state index in [2.05, 4.69) is 20.2 Å². The van der Waals surface area contributed by atoms with Crippen LogP contribution in [0.4, 0.5) is 11.6 Å². The van der Waals surface area contributed by atoms with Crippen LogP contribution in [0.3, 0.4) is 0 Å². The molecule has 1 N–H and O–H groups in total. The Morgan fingerprint density at radius 3 is 2.38 bits per heavy atom. The maximum Gasteiger partial charge on any atom is 0.261 e. The lowest BCUT2D eigenvalue weighted by molar-refractivity contribution is -0.116. The van der Waals surface area contributed by atoms with Crippen molar-refractivity contribution in [3.63, 3.8) is 0 Å². The van der Waals surface area contributed by atoms with Gasteiger partial charge in [-0.15, -0.1) is 0 Å². The van der Waals surface area contributed by atoms with Crippen LogP contribution in [0.2, 0.25) is 0 Å². The first-order chi connectivity index (χ1) is 14.1. The van der Waals surface area contributed by atoms with E-state index in [1.54, 1.807) is 30.3 Å². The summed E-state index contributed by atoms with van der Waals surface area (Å²) in [4.78, 5) is 48.8. The number of rotatable bonds is 6. The number of fused-ring (bicyclic) bond motifs is 1. The monoisotopic (exact) mass is 393 g/mol. The van der Waals surface area contributed by atoms with Gasteiger partial charge < -0.3 is 10.2 Å². The molecule has 0 radical (unpaired) electrons. The van der Waals surface area contributed by atoms with Crippen molar-refractivity contribution in [3.8, 4) is 0 Å². The van der Waals surface area contributed by atoms with Crippen LogP contribution in [0.25, 0.3) is 0 Å². The van der Waals surface area contributed by atoms with Gasteiger partial charge in [0.25, 0.3) is 11.8 Å². The second-order valence-electron chi connectivity index (χ2n) is 7.27. The van der Waals surface area contributed by atoms with Crippen LogP contribution in [0.5, 0.6) is 0 Å². The molecule has 0 unspecified atom stereocenters. The molecule has 8 heteroatoms. The third kappa shape index (κ3) is 4.11. The molecule has 0 bridgehead atoms. The summed E-state index contributed by atoms with van der Waals surface area (Å²) in [6.45, 7) is 2.14. The number of amides is 3. The SMILES string of the molecule is O=C(CCCN1C(=O)c2ccccc2C1=O)Nc1cc(N2CCCCC2)ncn1. The second kappa shape index (κ2) is 8.38. The summed E-state index contributed by atoms with van der Waals surface area (Å²) in [5.41, 5.74) is 0.848. The molecule has 1 saturated heterocycles. The maximum absolute atomic E-state index is 12.3. The average molecular weight is 393 g/mol. The zero-order chi connectivity index (χ0) is 20.2. The number of nitrogens with zero attached hydrogens (tertiary/aromatic N) is 4. The fraction of sp³-hybridized carbons (Fsp3) is 0.381. The van der Waals surface area contributed by atoms with Crippen molar-refractivity contribution >= 4 is 29.4 Å². The van der Waals surface area contributed by atoms with Gasteiger partial charge in [-0.05, 0) is 37.8 Å². The van der Waals surface area contributed by atoms with E-state index < -0.39 is 0 Å². The predicted molar refractivity (Wildman–Crippen MR) is 108 cm³/mol. The fourth-order valence-corrected chi connectivity index (χ4v) is 3.76. The first-order valence-corrected chi connectivity index (χ1v) is 9.95. The number of aromatic nitrogens is 2. The van der Waals surface area contributed by atoms with E-state index in [0.29, 0.717) is 23.4 Å². The normalized spacial score (nSPS) is 16.1. The van der Waals surface area contributed by atoms with E-state index in [-0.39, 0.29) is 30.7 Å². The van der Waals surface area contributed by atoms with Gasteiger partial charge in [-0.3, -0.25) is 19.3 Å². The van der Waals surface area contributed by atoms with E-state index in [9.17, 15) is 14.4 Å². The molecule has 1 aromatic carbocycles. The Kier molecular flexibility index (Phi) is 5.50. The summed E-state index contributed by atoms with van der Waals surface area (Å²) in [5.74, 6) is 0.484. The molecule has 1 aromatic heterocycles. The fourth-order valence-electron chi connectivity index (χ4n) is 3.76. The van der Waals surface area contributed by atoms with Crippen LogP contribution in [0.15, 0.2) is 36.7 Å². The Morgan fingerprint density at radius 1 is 1.00 bits per heavy atom. The number of carbonyl (C=O) groups excluding carboxylic acids is 3. The molecule has 4 rings (SSSR count). The van der Waals surface area contributed by atoms with Crippen LogP contribution in [0, 0.1) is 0 Å². The van der Waals surface area contributed by atoms with Gasteiger partial charge in [0, 0.05) is 32.1 Å². The lowest BCUT2D eigenvalue weighted by Gasteiger charge is -2.27. The first kappa shape index (κ1) is 19.0. The molecule has 150 valence electrons. The molecule has 1 fully saturated rings. The quantitative estimate of drug-likeness (QED) is 0.758. The van der Waals surface area contributed by atoms with E-state index in [4.69, 9.17) is 0 Å². The Hall–Kier alpha value is -3.29. The van der Waals surface area contributed by atoms with Gasteiger partial charge in [-0.1, -0.05) is 12.1 Å². The summed E-state index contributed by atoms with van der Waals surface area (Å²) in [6, 6.07) is 8.56. The summed E-state index contributed by atoms with van der Waals surface area (Å²) < 4.78 is 0. The molecule has 2 aliphatic rings. The number of hydrogen-bond acceptors (Lipinski definition) is 6. The lowest BCUT2D eigenvalue weighted by Crippen LogP contribution is -2.31. The smallest absolute Gasteiger partial charge is 0.261 e. The molecule has 3 heterocycles. The van der Waals surface area contributed by atoms with Gasteiger partial charge >= 0.3 is 0 Å². The third-order valence-corrected chi connectivity index (χ3v) is 5.26. The highest BCUT2D eigenvalue weighted by Gasteiger charge is 2.34. The number of carbonyl (C=O) groups is 3. The highest BCUT2D eigenvalue weighted by molar-refractivity contribution is 6.21. The molecule has 0 atom stereocenters. The minimum atomic E-state index is -0.298. The number of nitrogens with one attached hydrogen (secondary N) is 1. The topological polar surface area (TPSA) is 95.5 Å². The Labute approximate surface area is 168 Å². The molecule has 2 aliphatic heterocycles. The van der Waals surface area contributed by atoms with Gasteiger partial charge in [0.2, 0.25) is 5.91 Å². The van der Waals surface area contributed by atoms with E-state index >= 15 is 0 Å². The van der Waals surface area contributed by atoms with Crippen molar-refractivity contribution in [2.75, 3.05) is 29.9 Å². The Balaban J connectivity index is 1.29. The molecule has 0 spiro atoms. The molecule has 2 aromatic rings. The molecule has 3 amide bonds. The summed E-state index contributed by atoms with van der Waals surface area (Å²) in [7, 11) is 0. The van der Waals surface area contributed by atoms with Crippen molar-refractivity contribution in [3.05, 3.63) is 47.8 Å². The van der Waals surface area contributed by atoms with Crippen LogP contribution in [-0.4, -0.2) is 52.2 Å². The average Bonchev–Trinajstić information content (AvgIpc) is 3.00. The van der Waals surface area contributed by atoms with Crippen molar-refractivity contribution in [2.24, 2.45) is 0 Å². The largest absolute Gasteiger partial charge is 0.356 e. The Morgan fingerprint density at radius 2 is 1.69 bits per heavy atom. The number of hydrogen-bond donors (Lipinski definition) is 1. The first-order valence-electron chi connectivity index (χ1n) is 9.95. The highest BCUT2D eigenvalue weighted by atomic mass is 16.2. The molecule has 0 saturated carbocycles. The number of piperidine rings is 1. The van der Waals surface area contributed by atoms with E-state index in [0.717, 1.165) is 31.7 Å². The van der Waals surface area contributed by atoms with Gasteiger partial charge in [-0.25, -0.2) is 9.97 Å². The zero-order valence-corrected chi connectivity index (χ0v) is 16.1. The maximum atomic E-state index is 12.3. The number of anilines is 2. The van der Waals surface area contributed by atoms with Crippen LogP contribution in [-0.2, 0) is 4.79 Å². The van der Waals surface area contributed by atoms with Gasteiger partial charge in [0.05, 0.1) is 11.1 Å². The van der Waals surface area contributed by atoms with E-state index in [1.165, 1.54) is 17.6 Å². The summed E-state index contributed by atoms with van der Waals surface area (Å²) >= 11 is 0. The van der Waals surface area contributed by atoms with Gasteiger partial charge in [0.1, 0.15) is 18.0 Å². The molecule has 29 heavy (non-hydrogen) atoms. The number of benzene rings is 1. The lowest BCUT2D eigenvalue weighted by atomic mass is 10.1. The van der Waals surface area contributed by atoms with Crippen LogP contribution < -0.4 is 10.2 Å². The Bertz CT molecular complexity index is 904. The molecular formula is C21H23N5O3. The molecular weight excluding hydrogens is 370 g/mol. The standard InChI is InChI=1S/C21H23N5O3/c27-19(24-17-13-18(23-14-22-17)25-10-4-1-5-11-25)9-6-12-26-20(28)15-7-2-3-8-16(15)21(26)29/h2-3,7-8,13-14H,1,4-6,9-12H2,(H,22,23,24,27).